The molecule has 1 saturated heterocycles. The van der Waals surface area contributed by atoms with Gasteiger partial charge in [0.1, 0.15) is 5.65 Å². The first-order valence-electron chi connectivity index (χ1n) is 12.4. The second kappa shape index (κ2) is 12.4. The Hall–Kier alpha value is -2.91. The van der Waals surface area contributed by atoms with Gasteiger partial charge in [-0.1, -0.05) is 28.1 Å². The highest BCUT2D eigenvalue weighted by Gasteiger charge is 2.28. The molecule has 9 heteroatoms. The Bertz CT molecular complexity index is 1180. The molecular weight excluding hydrogens is 524 g/mol. The summed E-state index contributed by atoms with van der Waals surface area (Å²) in [6.07, 6.45) is 5.09. The van der Waals surface area contributed by atoms with Gasteiger partial charge >= 0.3 is 6.09 Å². The van der Waals surface area contributed by atoms with Gasteiger partial charge < -0.3 is 25.0 Å². The zero-order valence-electron chi connectivity index (χ0n) is 20.5. The summed E-state index contributed by atoms with van der Waals surface area (Å²) in [6, 6.07) is 11.5. The van der Waals surface area contributed by atoms with E-state index in [-0.39, 0.29) is 18.2 Å². The summed E-state index contributed by atoms with van der Waals surface area (Å²) in [5.41, 5.74) is 4.21. The van der Waals surface area contributed by atoms with Crippen molar-refractivity contribution in [2.45, 2.75) is 50.5 Å². The number of carboxylic acid groups (broad SMARTS) is 1. The van der Waals surface area contributed by atoms with Crippen LogP contribution in [0.25, 0.3) is 11.0 Å². The molecule has 36 heavy (non-hydrogen) atoms. The lowest BCUT2D eigenvalue weighted by Crippen LogP contribution is -2.44. The molecule has 192 valence electrons. The Labute approximate surface area is 219 Å². The summed E-state index contributed by atoms with van der Waals surface area (Å²) in [5, 5.41) is 13.0. The average molecular weight is 557 g/mol. The van der Waals surface area contributed by atoms with Crippen molar-refractivity contribution < 1.29 is 19.4 Å². The number of ether oxygens (including phenoxy) is 1. The maximum atomic E-state index is 13.2. The molecule has 1 aromatic carbocycles. The largest absolute Gasteiger partial charge is 0.465 e. The number of aromatic amines is 1. The van der Waals surface area contributed by atoms with Crippen LogP contribution in [0.5, 0.6) is 0 Å². The molecule has 3 N–H and O–H groups in total. The molecule has 1 fully saturated rings. The summed E-state index contributed by atoms with van der Waals surface area (Å²) in [6.45, 7) is 2.03. The number of aromatic nitrogens is 2. The van der Waals surface area contributed by atoms with Gasteiger partial charge in [-0.2, -0.15) is 0 Å². The fraction of sp³-hybridized carbons (Fsp3) is 0.444. The zero-order valence-corrected chi connectivity index (χ0v) is 22.1. The highest BCUT2D eigenvalue weighted by atomic mass is 79.9. The quantitative estimate of drug-likeness (QED) is 0.308. The van der Waals surface area contributed by atoms with Gasteiger partial charge in [0.05, 0.1) is 0 Å². The van der Waals surface area contributed by atoms with Crippen LogP contribution in [-0.4, -0.2) is 64.8 Å². The van der Waals surface area contributed by atoms with Gasteiger partial charge in [-0.3, -0.25) is 4.79 Å². The number of aryl methyl sites for hydroxylation is 1. The highest BCUT2D eigenvalue weighted by molar-refractivity contribution is 9.10. The molecule has 1 unspecified atom stereocenters. The third-order valence-electron chi connectivity index (χ3n) is 6.80. The van der Waals surface area contributed by atoms with Crippen molar-refractivity contribution in [2.75, 3.05) is 26.8 Å². The molecule has 4 rings (SSSR count). The van der Waals surface area contributed by atoms with Crippen LogP contribution >= 0.6 is 15.9 Å². The number of methoxy groups -OCH3 is 1. The number of carbonyl (C=O) groups excluding carboxylic acids is 1. The first kappa shape index (κ1) is 26.2. The Morgan fingerprint density at radius 2 is 2.11 bits per heavy atom. The van der Waals surface area contributed by atoms with E-state index in [9.17, 15) is 14.7 Å². The van der Waals surface area contributed by atoms with E-state index in [0.29, 0.717) is 19.5 Å². The highest BCUT2D eigenvalue weighted by Crippen LogP contribution is 2.30. The first-order valence-corrected chi connectivity index (χ1v) is 13.2. The number of hydrogen-bond donors (Lipinski definition) is 3. The molecule has 8 nitrogen and oxygen atoms in total. The van der Waals surface area contributed by atoms with Gasteiger partial charge in [0.2, 0.25) is 5.91 Å². The van der Waals surface area contributed by atoms with E-state index in [1.165, 1.54) is 5.56 Å². The number of nitrogens with one attached hydrogen (secondary N) is 2. The Kier molecular flexibility index (Phi) is 8.98. The number of nitrogens with zero attached hydrogens (tertiary/aromatic N) is 2. The van der Waals surface area contributed by atoms with Crippen molar-refractivity contribution >= 4 is 39.0 Å². The average Bonchev–Trinajstić information content (AvgIpc) is 3.31. The third-order valence-corrected chi connectivity index (χ3v) is 7.32. The van der Waals surface area contributed by atoms with E-state index in [0.717, 1.165) is 59.1 Å². The molecular formula is C27H33BrN4O4. The van der Waals surface area contributed by atoms with E-state index in [1.54, 1.807) is 7.11 Å². The molecule has 0 saturated carbocycles. The SMILES string of the molecule is COCCCc1ccnc2[nH]c(C3CCCN(C(=O)C[C@@H](Cc4ccc(Br)cc4)NC(=O)O)C3)cc12. The smallest absolute Gasteiger partial charge is 0.404 e. The molecule has 2 aromatic heterocycles. The number of piperidine rings is 1. The monoisotopic (exact) mass is 556 g/mol. The van der Waals surface area contributed by atoms with Gasteiger partial charge in [-0.05, 0) is 67.5 Å². The lowest BCUT2D eigenvalue weighted by atomic mass is 9.93. The number of benzene rings is 1. The first-order chi connectivity index (χ1) is 17.4. The van der Waals surface area contributed by atoms with Crippen LogP contribution in [0, 0.1) is 0 Å². The van der Waals surface area contributed by atoms with Crippen LogP contribution in [0.15, 0.2) is 47.1 Å². The molecule has 0 radical (unpaired) electrons. The second-order valence-electron chi connectivity index (χ2n) is 9.41. The van der Waals surface area contributed by atoms with Gasteiger partial charge in [-0.25, -0.2) is 9.78 Å². The van der Waals surface area contributed by atoms with Crippen molar-refractivity contribution in [2.24, 2.45) is 0 Å². The molecule has 0 aliphatic carbocycles. The predicted octanol–water partition coefficient (Wildman–Crippen LogP) is 4.88. The molecule has 1 aliphatic rings. The number of fused-ring (bicyclic) bond motifs is 1. The molecule has 1 aliphatic heterocycles. The number of carbonyl (C=O) groups is 2. The number of H-pyrrole nitrogens is 1. The van der Waals surface area contributed by atoms with E-state index in [2.05, 4.69) is 43.3 Å². The van der Waals surface area contributed by atoms with Gasteiger partial charge in [-0.15, -0.1) is 0 Å². The van der Waals surface area contributed by atoms with E-state index in [1.807, 2.05) is 35.4 Å². The molecule has 2 amide bonds. The van der Waals surface area contributed by atoms with Gasteiger partial charge in [0, 0.05) is 66.9 Å². The normalized spacial score (nSPS) is 16.7. The summed E-state index contributed by atoms with van der Waals surface area (Å²) >= 11 is 3.42. The van der Waals surface area contributed by atoms with E-state index >= 15 is 0 Å². The van der Waals surface area contributed by atoms with Crippen LogP contribution in [-0.2, 0) is 22.4 Å². The van der Waals surface area contributed by atoms with Crippen molar-refractivity contribution in [3.05, 3.63) is 63.9 Å². The number of hydrogen-bond acceptors (Lipinski definition) is 4. The van der Waals surface area contributed by atoms with Crippen molar-refractivity contribution in [3.63, 3.8) is 0 Å². The topological polar surface area (TPSA) is 108 Å². The Morgan fingerprint density at radius 3 is 2.86 bits per heavy atom. The van der Waals surface area contributed by atoms with E-state index in [4.69, 9.17) is 4.74 Å². The van der Waals surface area contributed by atoms with Crippen molar-refractivity contribution in [3.8, 4) is 0 Å². The molecule has 0 bridgehead atoms. The maximum absolute atomic E-state index is 13.2. The van der Waals surface area contributed by atoms with E-state index < -0.39 is 12.1 Å². The van der Waals surface area contributed by atoms with Crippen LogP contribution in [0.4, 0.5) is 4.79 Å². The van der Waals surface area contributed by atoms with Crippen LogP contribution in [0.3, 0.4) is 0 Å². The summed E-state index contributed by atoms with van der Waals surface area (Å²) in [5.74, 6) is 0.172. The molecule has 2 atom stereocenters. The number of halogens is 1. The lowest BCUT2D eigenvalue weighted by Gasteiger charge is -2.33. The minimum absolute atomic E-state index is 0.0231. The standard InChI is InChI=1S/C27H33BrN4O4/c1-36-13-3-5-19-10-11-29-26-23(19)16-24(31-26)20-4-2-12-32(17-20)25(33)15-22(30-27(34)35)14-18-6-8-21(28)9-7-18/h6-11,16,20,22,30H,2-5,12-15,17H2,1H3,(H,29,31)(H,34,35)/t20?,22-/m1/s1. The van der Waals surface area contributed by atoms with Gasteiger partial charge in [0.15, 0.2) is 0 Å². The molecule has 3 aromatic rings. The number of rotatable bonds is 10. The molecule has 3 heterocycles. The number of likely N-dealkylation sites (tertiary alicyclic amines) is 1. The Balaban J connectivity index is 1.43. The maximum Gasteiger partial charge on any atom is 0.404 e. The van der Waals surface area contributed by atoms with Crippen molar-refractivity contribution in [1.82, 2.24) is 20.2 Å². The second-order valence-corrected chi connectivity index (χ2v) is 10.3. The fourth-order valence-electron chi connectivity index (χ4n) is 5.00. The zero-order chi connectivity index (χ0) is 25.5. The van der Waals surface area contributed by atoms with Crippen LogP contribution < -0.4 is 5.32 Å². The lowest BCUT2D eigenvalue weighted by molar-refractivity contribution is -0.132. The Morgan fingerprint density at radius 1 is 1.31 bits per heavy atom. The summed E-state index contributed by atoms with van der Waals surface area (Å²) in [4.78, 5) is 34.5. The van der Waals surface area contributed by atoms with Crippen LogP contribution in [0.1, 0.15) is 48.4 Å². The van der Waals surface area contributed by atoms with Gasteiger partial charge in [0.25, 0.3) is 0 Å². The fourth-order valence-corrected chi connectivity index (χ4v) is 5.26. The predicted molar refractivity (Wildman–Crippen MR) is 142 cm³/mol. The minimum atomic E-state index is -1.12. The third kappa shape index (κ3) is 6.85. The van der Waals surface area contributed by atoms with Crippen molar-refractivity contribution in [1.29, 1.82) is 0 Å². The number of amides is 2. The summed E-state index contributed by atoms with van der Waals surface area (Å²) in [7, 11) is 1.72. The number of pyridine rings is 1. The molecule has 0 spiro atoms. The van der Waals surface area contributed by atoms with Crippen LogP contribution in [0.2, 0.25) is 0 Å². The summed E-state index contributed by atoms with van der Waals surface area (Å²) < 4.78 is 6.15. The minimum Gasteiger partial charge on any atom is -0.465 e.